The Morgan fingerprint density at radius 3 is 2.54 bits per heavy atom. The van der Waals surface area contributed by atoms with Gasteiger partial charge in [-0.1, -0.05) is 43.2 Å². The van der Waals surface area contributed by atoms with Gasteiger partial charge in [0.2, 0.25) is 5.91 Å². The van der Waals surface area contributed by atoms with Crippen LogP contribution in [0.5, 0.6) is 0 Å². The lowest BCUT2D eigenvalue weighted by molar-refractivity contribution is -0.119. The van der Waals surface area contributed by atoms with E-state index in [0.717, 1.165) is 46.7 Å². The summed E-state index contributed by atoms with van der Waals surface area (Å²) in [5, 5.41) is 3.02. The highest BCUT2D eigenvalue weighted by Gasteiger charge is 2.38. The molecule has 1 unspecified atom stereocenters. The largest absolute Gasteiger partial charge is 0.467 e. The van der Waals surface area contributed by atoms with Gasteiger partial charge in [0.15, 0.2) is 0 Å². The number of carbonyl (C=O) groups is 2. The zero-order valence-corrected chi connectivity index (χ0v) is 21.5. The number of nitrogens with zero attached hydrogens (tertiary/aromatic N) is 3. The molecule has 2 aromatic carbocycles. The summed E-state index contributed by atoms with van der Waals surface area (Å²) in [6, 6.07) is 20.7. The first-order chi connectivity index (χ1) is 18.0. The summed E-state index contributed by atoms with van der Waals surface area (Å²) in [4.78, 5) is 30.9. The summed E-state index contributed by atoms with van der Waals surface area (Å²) in [7, 11) is 0. The minimum Gasteiger partial charge on any atom is -0.467 e. The van der Waals surface area contributed by atoms with E-state index in [0.29, 0.717) is 12.3 Å². The van der Waals surface area contributed by atoms with Crippen LogP contribution in [0.15, 0.2) is 83.6 Å². The number of fused-ring (bicyclic) bond motifs is 3. The van der Waals surface area contributed by atoms with Crippen LogP contribution in [0.4, 0.5) is 16.2 Å². The van der Waals surface area contributed by atoms with E-state index in [1.807, 2.05) is 86.8 Å². The Kier molecular flexibility index (Phi) is 6.86. The van der Waals surface area contributed by atoms with E-state index >= 15 is 0 Å². The molecule has 7 heteroatoms. The zero-order valence-electron chi connectivity index (χ0n) is 21.5. The molecule has 0 spiro atoms. The van der Waals surface area contributed by atoms with Gasteiger partial charge in [-0.2, -0.15) is 0 Å². The third-order valence-corrected chi connectivity index (χ3v) is 6.82. The molecule has 37 heavy (non-hydrogen) atoms. The van der Waals surface area contributed by atoms with Crippen molar-refractivity contribution in [3.05, 3.63) is 102 Å². The Morgan fingerprint density at radius 1 is 1.00 bits per heavy atom. The molecule has 4 aromatic rings. The fourth-order valence-corrected chi connectivity index (χ4v) is 4.97. The lowest BCUT2D eigenvalue weighted by atomic mass is 10.0. The molecule has 1 N–H and O–H groups in total. The predicted octanol–water partition coefficient (Wildman–Crippen LogP) is 6.46. The molecule has 0 radical (unpaired) electrons. The monoisotopic (exact) mass is 496 g/mol. The number of unbranched alkanes of at least 4 members (excludes halogenated alkanes) is 1. The zero-order chi connectivity index (χ0) is 25.9. The van der Waals surface area contributed by atoms with Gasteiger partial charge in [-0.3, -0.25) is 9.69 Å². The molecular weight excluding hydrogens is 464 g/mol. The minimum atomic E-state index is -0.442. The Morgan fingerprint density at radius 2 is 1.81 bits per heavy atom. The van der Waals surface area contributed by atoms with Crippen molar-refractivity contribution in [3.63, 3.8) is 0 Å². The lowest BCUT2D eigenvalue weighted by Gasteiger charge is -2.38. The number of furan rings is 1. The van der Waals surface area contributed by atoms with Gasteiger partial charge in [-0.15, -0.1) is 0 Å². The Bertz CT molecular complexity index is 1410. The number of hydrogen-bond acceptors (Lipinski definition) is 3. The molecule has 3 heterocycles. The van der Waals surface area contributed by atoms with Crippen LogP contribution in [0.1, 0.15) is 48.4 Å². The third-order valence-electron chi connectivity index (χ3n) is 6.82. The van der Waals surface area contributed by atoms with Crippen LogP contribution < -0.4 is 10.2 Å². The molecule has 0 aliphatic carbocycles. The van der Waals surface area contributed by atoms with E-state index < -0.39 is 6.04 Å². The molecule has 2 aromatic heterocycles. The van der Waals surface area contributed by atoms with E-state index in [1.165, 1.54) is 0 Å². The van der Waals surface area contributed by atoms with Crippen LogP contribution in [-0.4, -0.2) is 34.5 Å². The highest BCUT2D eigenvalue weighted by atomic mass is 16.3. The van der Waals surface area contributed by atoms with Crippen molar-refractivity contribution in [2.45, 2.75) is 39.7 Å². The number of aryl methyl sites for hydroxylation is 2. The summed E-state index contributed by atoms with van der Waals surface area (Å²) < 4.78 is 7.90. The molecule has 0 saturated carbocycles. The standard InChI is InChI=1S/C30H32N4O3/c1-4-5-16-32(30(36)31-23-15-14-21(2)19-22(23)3)20-28(35)34-25-11-7-6-10-24(25)33-17-8-12-26(33)29(34)27-13-9-18-37-27/h6-15,17-19,29H,4-5,16,20H2,1-3H3,(H,31,36). The molecule has 0 fully saturated rings. The number of anilines is 2. The number of rotatable bonds is 7. The summed E-state index contributed by atoms with van der Waals surface area (Å²) >= 11 is 0. The van der Waals surface area contributed by atoms with Crippen molar-refractivity contribution in [3.8, 4) is 5.69 Å². The van der Waals surface area contributed by atoms with Gasteiger partial charge in [0.25, 0.3) is 0 Å². The van der Waals surface area contributed by atoms with Crippen LogP contribution in [0.2, 0.25) is 0 Å². The molecule has 3 amide bonds. The Hall–Kier alpha value is -4.26. The molecule has 1 atom stereocenters. The quantitative estimate of drug-likeness (QED) is 0.319. The molecular formula is C30H32N4O3. The van der Waals surface area contributed by atoms with Crippen molar-refractivity contribution in [1.29, 1.82) is 0 Å². The maximum atomic E-state index is 14.1. The fraction of sp³-hybridized carbons (Fsp3) is 0.267. The number of carbonyl (C=O) groups excluding carboxylic acids is 2. The van der Waals surface area contributed by atoms with Crippen LogP contribution >= 0.6 is 0 Å². The van der Waals surface area contributed by atoms with Gasteiger partial charge in [0.05, 0.1) is 23.3 Å². The maximum absolute atomic E-state index is 14.1. The van der Waals surface area contributed by atoms with Gasteiger partial charge in [-0.05, 0) is 68.3 Å². The number of aromatic nitrogens is 1. The third kappa shape index (κ3) is 4.77. The van der Waals surface area contributed by atoms with E-state index in [1.54, 1.807) is 16.1 Å². The van der Waals surface area contributed by atoms with Gasteiger partial charge >= 0.3 is 6.03 Å². The van der Waals surface area contributed by atoms with Gasteiger partial charge < -0.3 is 19.2 Å². The highest BCUT2D eigenvalue weighted by Crippen LogP contribution is 2.42. The minimum absolute atomic E-state index is 0.0526. The average molecular weight is 497 g/mol. The normalized spacial score (nSPS) is 14.1. The summed E-state index contributed by atoms with van der Waals surface area (Å²) in [6.45, 7) is 6.49. The Balaban J connectivity index is 1.47. The van der Waals surface area contributed by atoms with Crippen molar-refractivity contribution in [2.75, 3.05) is 23.3 Å². The van der Waals surface area contributed by atoms with Crippen molar-refractivity contribution < 1.29 is 14.0 Å². The molecule has 190 valence electrons. The molecule has 1 aliphatic rings. The average Bonchev–Trinajstić information content (AvgIpc) is 3.60. The van der Waals surface area contributed by atoms with E-state index in [4.69, 9.17) is 4.42 Å². The molecule has 0 bridgehead atoms. The van der Waals surface area contributed by atoms with Crippen LogP contribution in [-0.2, 0) is 4.79 Å². The van der Waals surface area contributed by atoms with E-state index in [2.05, 4.69) is 16.8 Å². The summed E-state index contributed by atoms with van der Waals surface area (Å²) in [5.41, 5.74) is 5.49. The number of urea groups is 1. The first-order valence-electron chi connectivity index (χ1n) is 12.7. The molecule has 1 aliphatic heterocycles. The van der Waals surface area contributed by atoms with Gasteiger partial charge in [-0.25, -0.2) is 4.79 Å². The second-order valence-corrected chi connectivity index (χ2v) is 9.50. The second kappa shape index (κ2) is 10.4. The van der Waals surface area contributed by atoms with Gasteiger partial charge in [0, 0.05) is 18.4 Å². The van der Waals surface area contributed by atoms with Gasteiger partial charge in [0.1, 0.15) is 18.3 Å². The van der Waals surface area contributed by atoms with Crippen LogP contribution in [0, 0.1) is 13.8 Å². The molecule has 5 rings (SSSR count). The number of nitrogens with one attached hydrogen (secondary N) is 1. The fourth-order valence-electron chi connectivity index (χ4n) is 4.97. The molecule has 0 saturated heterocycles. The first-order valence-corrected chi connectivity index (χ1v) is 12.7. The first kappa shape index (κ1) is 24.4. The van der Waals surface area contributed by atoms with E-state index in [-0.39, 0.29) is 18.5 Å². The van der Waals surface area contributed by atoms with Crippen molar-refractivity contribution in [1.82, 2.24) is 9.47 Å². The highest BCUT2D eigenvalue weighted by molar-refractivity contribution is 6.01. The maximum Gasteiger partial charge on any atom is 0.322 e. The SMILES string of the molecule is CCCCN(CC(=O)N1c2ccccc2-n2cccc2C1c1ccco1)C(=O)Nc1ccc(C)cc1C. The second-order valence-electron chi connectivity index (χ2n) is 9.50. The smallest absolute Gasteiger partial charge is 0.322 e. The molecule has 7 nitrogen and oxygen atoms in total. The lowest BCUT2D eigenvalue weighted by Crippen LogP contribution is -2.48. The summed E-state index contributed by atoms with van der Waals surface area (Å²) in [5.74, 6) is 0.496. The summed E-state index contributed by atoms with van der Waals surface area (Å²) in [6.07, 6.45) is 5.33. The van der Waals surface area contributed by atoms with Crippen LogP contribution in [0.3, 0.4) is 0 Å². The predicted molar refractivity (Wildman–Crippen MR) is 145 cm³/mol. The topological polar surface area (TPSA) is 70.7 Å². The Labute approximate surface area is 217 Å². The number of amides is 3. The van der Waals surface area contributed by atoms with Crippen LogP contribution in [0.25, 0.3) is 5.69 Å². The number of hydrogen-bond donors (Lipinski definition) is 1. The van der Waals surface area contributed by atoms with Crippen molar-refractivity contribution in [2.24, 2.45) is 0 Å². The number of benzene rings is 2. The van der Waals surface area contributed by atoms with Crippen molar-refractivity contribution >= 4 is 23.3 Å². The number of para-hydroxylation sites is 2. The van der Waals surface area contributed by atoms with E-state index in [9.17, 15) is 9.59 Å².